The third kappa shape index (κ3) is 3.87. The summed E-state index contributed by atoms with van der Waals surface area (Å²) in [4.78, 5) is 0. The Hall–Kier alpha value is -1.72. The summed E-state index contributed by atoms with van der Waals surface area (Å²) in [6.45, 7) is 1.00. The van der Waals surface area contributed by atoms with Crippen LogP contribution >= 0.6 is 0 Å². The first-order valence-electron chi connectivity index (χ1n) is 6.03. The molecule has 0 saturated carbocycles. The van der Waals surface area contributed by atoms with Gasteiger partial charge >= 0.3 is 0 Å². The van der Waals surface area contributed by atoms with Crippen molar-refractivity contribution in [1.29, 1.82) is 0 Å². The average molecular weight is 267 g/mol. The summed E-state index contributed by atoms with van der Waals surface area (Å²) in [5.41, 5.74) is -0.0141. The Bertz CT molecular complexity index is 514. The second kappa shape index (κ2) is 6.45. The van der Waals surface area contributed by atoms with Gasteiger partial charge in [-0.05, 0) is 43.3 Å². The fourth-order valence-corrected chi connectivity index (χ4v) is 1.79. The maximum absolute atomic E-state index is 13.4. The molecular formula is C14H15F2NO2. The number of furan rings is 1. The molecule has 1 atom stereocenters. The highest BCUT2D eigenvalue weighted by atomic mass is 19.1. The summed E-state index contributed by atoms with van der Waals surface area (Å²) in [6.07, 6.45) is 0.842. The highest BCUT2D eigenvalue weighted by molar-refractivity contribution is 5.21. The Morgan fingerprint density at radius 2 is 2.11 bits per heavy atom. The lowest BCUT2D eigenvalue weighted by Crippen LogP contribution is -2.17. The zero-order chi connectivity index (χ0) is 13.7. The first kappa shape index (κ1) is 13.7. The molecule has 0 aliphatic carbocycles. The molecule has 0 fully saturated rings. The van der Waals surface area contributed by atoms with Crippen molar-refractivity contribution in [3.8, 4) is 0 Å². The summed E-state index contributed by atoms with van der Waals surface area (Å²) in [6, 6.07) is 6.68. The van der Waals surface area contributed by atoms with Gasteiger partial charge in [0.1, 0.15) is 17.4 Å². The van der Waals surface area contributed by atoms with E-state index < -0.39 is 17.7 Å². The number of aliphatic hydroxyl groups excluding tert-OH is 1. The monoisotopic (exact) mass is 267 g/mol. The Morgan fingerprint density at radius 3 is 2.84 bits per heavy atom. The van der Waals surface area contributed by atoms with Crippen LogP contribution in [0.4, 0.5) is 8.78 Å². The molecule has 0 radical (unpaired) electrons. The number of hydrogen-bond donors (Lipinski definition) is 2. The maximum atomic E-state index is 13.4. The van der Waals surface area contributed by atoms with Crippen molar-refractivity contribution in [1.82, 2.24) is 5.32 Å². The van der Waals surface area contributed by atoms with Crippen LogP contribution in [0.2, 0.25) is 0 Å². The zero-order valence-electron chi connectivity index (χ0n) is 10.3. The van der Waals surface area contributed by atoms with Crippen molar-refractivity contribution in [2.75, 3.05) is 6.54 Å². The summed E-state index contributed by atoms with van der Waals surface area (Å²) >= 11 is 0. The maximum Gasteiger partial charge on any atom is 0.129 e. The van der Waals surface area contributed by atoms with Crippen molar-refractivity contribution >= 4 is 0 Å². The standard InChI is InChI=1S/C14H15F2NO2/c15-10-3-4-13(16)12(8-10)14(18)5-6-17-9-11-2-1-7-19-11/h1-4,7-8,14,17-18H,5-6,9H2. The Kier molecular flexibility index (Phi) is 4.65. The molecule has 0 aliphatic heterocycles. The molecule has 2 N–H and O–H groups in total. The summed E-state index contributed by atoms with van der Waals surface area (Å²) in [5, 5.41) is 12.9. The molecule has 0 spiro atoms. The molecule has 0 saturated heterocycles. The Balaban J connectivity index is 1.80. The predicted octanol–water partition coefficient (Wildman–Crippen LogP) is 2.77. The molecule has 1 heterocycles. The van der Waals surface area contributed by atoms with Crippen molar-refractivity contribution in [3.05, 3.63) is 59.6 Å². The highest BCUT2D eigenvalue weighted by Crippen LogP contribution is 2.20. The van der Waals surface area contributed by atoms with E-state index in [0.29, 0.717) is 19.5 Å². The third-order valence-electron chi connectivity index (χ3n) is 2.79. The summed E-state index contributed by atoms with van der Waals surface area (Å²) in [5.74, 6) is -0.370. The van der Waals surface area contributed by atoms with Gasteiger partial charge in [0.15, 0.2) is 0 Å². The molecule has 1 aromatic heterocycles. The number of hydrogen-bond acceptors (Lipinski definition) is 3. The second-order valence-electron chi connectivity index (χ2n) is 4.23. The van der Waals surface area contributed by atoms with Crippen molar-refractivity contribution in [3.63, 3.8) is 0 Å². The first-order valence-corrected chi connectivity index (χ1v) is 6.03. The summed E-state index contributed by atoms with van der Waals surface area (Å²) in [7, 11) is 0. The molecule has 2 rings (SSSR count). The van der Waals surface area contributed by atoms with E-state index in [1.54, 1.807) is 12.3 Å². The van der Waals surface area contributed by atoms with Crippen LogP contribution in [0.3, 0.4) is 0 Å². The zero-order valence-corrected chi connectivity index (χ0v) is 10.3. The van der Waals surface area contributed by atoms with Gasteiger partial charge in [-0.15, -0.1) is 0 Å². The van der Waals surface area contributed by atoms with Gasteiger partial charge in [0.05, 0.1) is 18.9 Å². The van der Waals surface area contributed by atoms with Crippen LogP contribution in [0.5, 0.6) is 0 Å². The van der Waals surface area contributed by atoms with E-state index >= 15 is 0 Å². The molecule has 0 bridgehead atoms. The lowest BCUT2D eigenvalue weighted by molar-refractivity contribution is 0.161. The first-order chi connectivity index (χ1) is 9.16. The van der Waals surface area contributed by atoms with Gasteiger partial charge in [0.25, 0.3) is 0 Å². The van der Waals surface area contributed by atoms with Crippen LogP contribution in [0.25, 0.3) is 0 Å². The van der Waals surface area contributed by atoms with Gasteiger partial charge in [-0.25, -0.2) is 8.78 Å². The smallest absolute Gasteiger partial charge is 0.129 e. The van der Waals surface area contributed by atoms with Crippen LogP contribution < -0.4 is 5.32 Å². The number of nitrogens with one attached hydrogen (secondary N) is 1. The van der Waals surface area contributed by atoms with Crippen LogP contribution in [0, 0.1) is 11.6 Å². The van der Waals surface area contributed by atoms with Gasteiger partial charge in [-0.2, -0.15) is 0 Å². The lowest BCUT2D eigenvalue weighted by Gasteiger charge is -2.12. The number of benzene rings is 1. The van der Waals surface area contributed by atoms with E-state index in [-0.39, 0.29) is 5.56 Å². The van der Waals surface area contributed by atoms with E-state index in [9.17, 15) is 13.9 Å². The third-order valence-corrected chi connectivity index (χ3v) is 2.79. The van der Waals surface area contributed by atoms with Gasteiger partial charge in [-0.3, -0.25) is 0 Å². The number of rotatable bonds is 6. The Labute approximate surface area is 109 Å². The molecular weight excluding hydrogens is 252 g/mol. The lowest BCUT2D eigenvalue weighted by atomic mass is 10.1. The molecule has 0 aliphatic rings. The molecule has 1 unspecified atom stereocenters. The van der Waals surface area contributed by atoms with E-state index in [1.807, 2.05) is 6.07 Å². The number of halogens is 2. The fourth-order valence-electron chi connectivity index (χ4n) is 1.79. The molecule has 2 aromatic rings. The van der Waals surface area contributed by atoms with Crippen molar-refractivity contribution in [2.24, 2.45) is 0 Å². The van der Waals surface area contributed by atoms with Gasteiger partial charge in [0, 0.05) is 5.56 Å². The highest BCUT2D eigenvalue weighted by Gasteiger charge is 2.13. The average Bonchev–Trinajstić information content (AvgIpc) is 2.90. The molecule has 5 heteroatoms. The van der Waals surface area contributed by atoms with E-state index in [1.165, 1.54) is 0 Å². The van der Waals surface area contributed by atoms with Crippen LogP contribution in [0.1, 0.15) is 23.8 Å². The van der Waals surface area contributed by atoms with E-state index in [0.717, 1.165) is 24.0 Å². The molecule has 102 valence electrons. The van der Waals surface area contributed by atoms with Gasteiger partial charge in [-0.1, -0.05) is 0 Å². The van der Waals surface area contributed by atoms with E-state index in [2.05, 4.69) is 5.32 Å². The largest absolute Gasteiger partial charge is 0.468 e. The molecule has 19 heavy (non-hydrogen) atoms. The van der Waals surface area contributed by atoms with Gasteiger partial charge < -0.3 is 14.8 Å². The fraction of sp³-hybridized carbons (Fsp3) is 0.286. The quantitative estimate of drug-likeness (QED) is 0.791. The molecule has 3 nitrogen and oxygen atoms in total. The van der Waals surface area contributed by atoms with Crippen molar-refractivity contribution in [2.45, 2.75) is 19.1 Å². The topological polar surface area (TPSA) is 45.4 Å². The second-order valence-corrected chi connectivity index (χ2v) is 4.23. The number of aliphatic hydroxyl groups is 1. The summed E-state index contributed by atoms with van der Waals surface area (Å²) < 4.78 is 31.5. The van der Waals surface area contributed by atoms with Crippen LogP contribution in [-0.2, 0) is 6.54 Å². The predicted molar refractivity (Wildman–Crippen MR) is 66.3 cm³/mol. The molecule has 1 aromatic carbocycles. The minimum atomic E-state index is -1.03. The molecule has 0 amide bonds. The van der Waals surface area contributed by atoms with Gasteiger partial charge in [0.2, 0.25) is 0 Å². The van der Waals surface area contributed by atoms with Crippen LogP contribution in [0.15, 0.2) is 41.0 Å². The minimum absolute atomic E-state index is 0.0141. The minimum Gasteiger partial charge on any atom is -0.468 e. The normalized spacial score (nSPS) is 12.6. The Morgan fingerprint density at radius 1 is 1.26 bits per heavy atom. The van der Waals surface area contributed by atoms with Crippen molar-refractivity contribution < 1.29 is 18.3 Å². The van der Waals surface area contributed by atoms with E-state index in [4.69, 9.17) is 4.42 Å². The SMILES string of the molecule is OC(CCNCc1ccco1)c1cc(F)ccc1F. The van der Waals surface area contributed by atoms with Crippen LogP contribution in [-0.4, -0.2) is 11.7 Å².